The van der Waals surface area contributed by atoms with E-state index in [1.807, 2.05) is 4.90 Å². The number of piperidine rings is 1. The summed E-state index contributed by atoms with van der Waals surface area (Å²) in [6, 6.07) is 5.34. The zero-order valence-corrected chi connectivity index (χ0v) is 14.5. The van der Waals surface area contributed by atoms with Crippen molar-refractivity contribution < 1.29 is 19.0 Å². The first-order chi connectivity index (χ1) is 11.7. The van der Waals surface area contributed by atoms with Crippen LogP contribution in [0.3, 0.4) is 0 Å². The van der Waals surface area contributed by atoms with Gasteiger partial charge in [0.2, 0.25) is 5.91 Å². The Morgan fingerprint density at radius 2 is 2.00 bits per heavy atom. The van der Waals surface area contributed by atoms with E-state index in [2.05, 4.69) is 0 Å². The van der Waals surface area contributed by atoms with E-state index in [9.17, 15) is 4.79 Å². The van der Waals surface area contributed by atoms with Crippen molar-refractivity contribution in [3.8, 4) is 5.75 Å². The van der Waals surface area contributed by atoms with E-state index in [0.717, 1.165) is 31.5 Å². The third-order valence-electron chi connectivity index (χ3n) is 4.48. The molecular weight excluding hydrogens is 330 g/mol. The highest BCUT2D eigenvalue weighted by molar-refractivity contribution is 6.30. The molecule has 0 aliphatic carbocycles. The van der Waals surface area contributed by atoms with Crippen LogP contribution in [-0.4, -0.2) is 50.5 Å². The van der Waals surface area contributed by atoms with Crippen LogP contribution in [-0.2, 0) is 14.3 Å². The van der Waals surface area contributed by atoms with Gasteiger partial charge in [0.15, 0.2) is 6.29 Å². The van der Waals surface area contributed by atoms with Gasteiger partial charge in [0, 0.05) is 35.7 Å². The summed E-state index contributed by atoms with van der Waals surface area (Å²) in [5, 5.41) is 0.611. The second-order valence-corrected chi connectivity index (χ2v) is 6.43. The molecule has 0 unspecified atom stereocenters. The molecule has 3 rings (SSSR count). The van der Waals surface area contributed by atoms with Gasteiger partial charge in [-0.05, 0) is 37.1 Å². The van der Waals surface area contributed by atoms with Gasteiger partial charge in [-0.3, -0.25) is 4.79 Å². The van der Waals surface area contributed by atoms with Crippen LogP contribution in [0.4, 0.5) is 0 Å². The summed E-state index contributed by atoms with van der Waals surface area (Å²) in [6.45, 7) is 2.80. The smallest absolute Gasteiger partial charge is 0.246 e. The molecule has 0 aromatic heterocycles. The average molecular weight is 352 g/mol. The molecule has 2 saturated heterocycles. The van der Waals surface area contributed by atoms with Crippen molar-refractivity contribution in [2.75, 3.05) is 33.4 Å². The lowest BCUT2D eigenvalue weighted by molar-refractivity contribution is -0.131. The van der Waals surface area contributed by atoms with E-state index in [0.29, 0.717) is 29.9 Å². The van der Waals surface area contributed by atoms with Gasteiger partial charge >= 0.3 is 0 Å². The second kappa shape index (κ2) is 8.01. The highest BCUT2D eigenvalue weighted by Crippen LogP contribution is 2.27. The third-order valence-corrected chi connectivity index (χ3v) is 4.72. The number of carbonyl (C=O) groups excluding carboxylic acids is 1. The van der Waals surface area contributed by atoms with Crippen LogP contribution in [0.5, 0.6) is 5.75 Å². The summed E-state index contributed by atoms with van der Waals surface area (Å²) < 4.78 is 16.4. The Kier molecular flexibility index (Phi) is 5.76. The Labute approximate surface area is 147 Å². The Bertz CT molecular complexity index is 605. The van der Waals surface area contributed by atoms with Crippen LogP contribution >= 0.6 is 11.6 Å². The highest BCUT2D eigenvalue weighted by Gasteiger charge is 2.31. The summed E-state index contributed by atoms with van der Waals surface area (Å²) in [5.41, 5.74) is 0.793. The molecule has 2 aliphatic heterocycles. The summed E-state index contributed by atoms with van der Waals surface area (Å²) in [4.78, 5) is 14.2. The Hall–Kier alpha value is -1.56. The van der Waals surface area contributed by atoms with Gasteiger partial charge in [0.1, 0.15) is 5.75 Å². The lowest BCUT2D eigenvalue weighted by Gasteiger charge is -2.33. The summed E-state index contributed by atoms with van der Waals surface area (Å²) in [7, 11) is 1.60. The van der Waals surface area contributed by atoms with Crippen molar-refractivity contribution in [2.24, 2.45) is 5.92 Å². The minimum absolute atomic E-state index is 0.00346. The van der Waals surface area contributed by atoms with Crippen molar-refractivity contribution in [2.45, 2.75) is 19.1 Å². The van der Waals surface area contributed by atoms with Gasteiger partial charge in [0.25, 0.3) is 0 Å². The number of methoxy groups -OCH3 is 1. The van der Waals surface area contributed by atoms with Crippen LogP contribution in [0, 0.1) is 5.92 Å². The highest BCUT2D eigenvalue weighted by atomic mass is 35.5. The minimum atomic E-state index is -0.0893. The minimum Gasteiger partial charge on any atom is -0.496 e. The van der Waals surface area contributed by atoms with Gasteiger partial charge in [-0.1, -0.05) is 11.6 Å². The second-order valence-electron chi connectivity index (χ2n) is 5.99. The number of hydrogen-bond donors (Lipinski definition) is 0. The molecule has 2 fully saturated rings. The fraction of sp³-hybridized carbons (Fsp3) is 0.500. The molecule has 0 saturated carbocycles. The number of rotatable bonds is 4. The first kappa shape index (κ1) is 17.3. The molecule has 1 aromatic rings. The maximum absolute atomic E-state index is 12.4. The zero-order chi connectivity index (χ0) is 16.9. The zero-order valence-electron chi connectivity index (χ0n) is 13.7. The molecule has 0 spiro atoms. The van der Waals surface area contributed by atoms with Gasteiger partial charge in [-0.15, -0.1) is 0 Å². The average Bonchev–Trinajstić information content (AvgIpc) is 3.14. The van der Waals surface area contributed by atoms with E-state index in [1.165, 1.54) is 0 Å². The molecule has 24 heavy (non-hydrogen) atoms. The Balaban J connectivity index is 1.57. The summed E-state index contributed by atoms with van der Waals surface area (Å²) >= 11 is 6.01. The van der Waals surface area contributed by atoms with E-state index in [1.54, 1.807) is 37.5 Å². The van der Waals surface area contributed by atoms with Crippen LogP contribution in [0.1, 0.15) is 18.4 Å². The van der Waals surface area contributed by atoms with Crippen molar-refractivity contribution in [1.29, 1.82) is 0 Å². The van der Waals surface area contributed by atoms with E-state index in [4.69, 9.17) is 25.8 Å². The molecule has 6 heteroatoms. The van der Waals surface area contributed by atoms with Gasteiger partial charge in [-0.25, -0.2) is 0 Å². The number of hydrogen-bond acceptors (Lipinski definition) is 4. The molecule has 1 amide bonds. The van der Waals surface area contributed by atoms with Crippen molar-refractivity contribution >= 4 is 23.6 Å². The number of ether oxygens (including phenoxy) is 3. The maximum atomic E-state index is 12.4. The van der Waals surface area contributed by atoms with Crippen molar-refractivity contribution in [3.05, 3.63) is 34.9 Å². The number of nitrogens with zero attached hydrogens (tertiary/aromatic N) is 1. The topological polar surface area (TPSA) is 48.0 Å². The number of benzene rings is 1. The SMILES string of the molecule is COc1ccc(Cl)cc1/C=C/C(=O)N1CCC(C2OCCO2)CC1. The predicted octanol–water partition coefficient (Wildman–Crippen LogP) is 2.97. The molecule has 130 valence electrons. The van der Waals surface area contributed by atoms with Crippen molar-refractivity contribution in [3.63, 3.8) is 0 Å². The normalized spacial score (nSPS) is 20.0. The fourth-order valence-electron chi connectivity index (χ4n) is 3.14. The molecule has 1 aromatic carbocycles. The number of amides is 1. The van der Waals surface area contributed by atoms with Crippen molar-refractivity contribution in [1.82, 2.24) is 4.90 Å². The standard InChI is InChI=1S/C18H22ClNO4/c1-22-16-4-3-15(19)12-14(16)2-5-17(21)20-8-6-13(7-9-20)18-23-10-11-24-18/h2-5,12-13,18H,6-11H2,1H3/b5-2+. The molecule has 2 heterocycles. The van der Waals surface area contributed by atoms with Gasteiger partial charge in [-0.2, -0.15) is 0 Å². The van der Waals surface area contributed by atoms with E-state index < -0.39 is 0 Å². The first-order valence-corrected chi connectivity index (χ1v) is 8.59. The predicted molar refractivity (Wildman–Crippen MR) is 92.0 cm³/mol. The molecule has 5 nitrogen and oxygen atoms in total. The molecule has 0 N–H and O–H groups in total. The molecule has 0 atom stereocenters. The first-order valence-electron chi connectivity index (χ1n) is 8.21. The van der Waals surface area contributed by atoms with Crippen LogP contribution < -0.4 is 4.74 Å². The van der Waals surface area contributed by atoms with E-state index >= 15 is 0 Å². The number of likely N-dealkylation sites (tertiary alicyclic amines) is 1. The summed E-state index contributed by atoms with van der Waals surface area (Å²) in [5.74, 6) is 1.08. The van der Waals surface area contributed by atoms with Crippen LogP contribution in [0.15, 0.2) is 24.3 Å². The maximum Gasteiger partial charge on any atom is 0.246 e. The molecule has 0 radical (unpaired) electrons. The lowest BCUT2D eigenvalue weighted by Crippen LogP contribution is -2.40. The fourth-order valence-corrected chi connectivity index (χ4v) is 3.32. The van der Waals surface area contributed by atoms with E-state index in [-0.39, 0.29) is 12.2 Å². The molecule has 0 bridgehead atoms. The molecular formula is C18H22ClNO4. The van der Waals surface area contributed by atoms with Gasteiger partial charge in [0.05, 0.1) is 20.3 Å². The summed E-state index contributed by atoms with van der Waals surface area (Å²) in [6.07, 6.45) is 5.06. The van der Waals surface area contributed by atoms with Crippen LogP contribution in [0.2, 0.25) is 5.02 Å². The lowest BCUT2D eigenvalue weighted by atomic mass is 9.96. The number of halogens is 1. The third kappa shape index (κ3) is 4.09. The Morgan fingerprint density at radius 1 is 1.29 bits per heavy atom. The van der Waals surface area contributed by atoms with Gasteiger partial charge < -0.3 is 19.1 Å². The van der Waals surface area contributed by atoms with Crippen LogP contribution in [0.25, 0.3) is 6.08 Å². The monoisotopic (exact) mass is 351 g/mol. The largest absolute Gasteiger partial charge is 0.496 e. The quantitative estimate of drug-likeness (QED) is 0.782. The Morgan fingerprint density at radius 3 is 2.67 bits per heavy atom. The molecule has 2 aliphatic rings. The number of carbonyl (C=O) groups is 1.